The van der Waals surface area contributed by atoms with E-state index in [1.54, 1.807) is 29.1 Å². The molecule has 2 saturated carbocycles. The van der Waals surface area contributed by atoms with Crippen LogP contribution in [0.25, 0.3) is 5.70 Å². The maximum Gasteiger partial charge on any atom is 0.322 e. The largest absolute Gasteiger partial charge is 0.335 e. The van der Waals surface area contributed by atoms with Gasteiger partial charge >= 0.3 is 6.03 Å². The summed E-state index contributed by atoms with van der Waals surface area (Å²) in [4.78, 5) is 23.0. The molecule has 6 nitrogen and oxygen atoms in total. The van der Waals surface area contributed by atoms with Crippen molar-refractivity contribution in [1.29, 1.82) is 0 Å². The second-order valence-corrected chi connectivity index (χ2v) is 11.6. The van der Waals surface area contributed by atoms with E-state index in [4.69, 9.17) is 0 Å². The molecule has 1 aliphatic heterocycles. The fraction of sp³-hybridized carbons (Fsp3) is 0.607. The fourth-order valence-corrected chi connectivity index (χ4v) is 8.07. The lowest BCUT2D eigenvalue weighted by molar-refractivity contribution is -0.0135. The molecule has 3 unspecified atom stereocenters. The molecule has 0 aromatic carbocycles. The minimum Gasteiger partial charge on any atom is -0.335 e. The Morgan fingerprint density at radius 2 is 1.97 bits per heavy atom. The van der Waals surface area contributed by atoms with Crippen molar-refractivity contribution in [3.8, 4) is 0 Å². The van der Waals surface area contributed by atoms with Gasteiger partial charge in [0.25, 0.3) is 0 Å². The number of aryl methyl sites for hydroxylation is 1. The number of carbonyl (C=O) groups is 1. The molecule has 0 spiro atoms. The van der Waals surface area contributed by atoms with Crippen LogP contribution >= 0.6 is 0 Å². The van der Waals surface area contributed by atoms with Crippen LogP contribution in [0.2, 0.25) is 0 Å². The molecular weight excluding hydrogens is 422 g/mol. The van der Waals surface area contributed by atoms with E-state index >= 15 is 0 Å². The monoisotopic (exact) mass is 459 g/mol. The zero-order valence-electron chi connectivity index (χ0n) is 20.7. The second-order valence-electron chi connectivity index (χ2n) is 11.6. The Bertz CT molecular complexity index is 1110. The molecule has 6 rings (SSSR count). The average molecular weight is 460 g/mol. The molecule has 1 aromatic heterocycles. The summed E-state index contributed by atoms with van der Waals surface area (Å²) < 4.78 is 2.29. The number of nitrogens with one attached hydrogen (secondary N) is 1. The van der Waals surface area contributed by atoms with E-state index in [1.807, 2.05) is 6.33 Å². The highest BCUT2D eigenvalue weighted by Gasteiger charge is 2.57. The predicted octanol–water partition coefficient (Wildman–Crippen LogP) is 5.54. The maximum absolute atomic E-state index is 12.7. The van der Waals surface area contributed by atoms with Crippen molar-refractivity contribution in [2.75, 3.05) is 6.54 Å². The number of amides is 2. The number of carbonyl (C=O) groups excluding carboxylic acids is 1. The summed E-state index contributed by atoms with van der Waals surface area (Å²) >= 11 is 0. The number of aliphatic imine (C=N–C) groups is 1. The van der Waals surface area contributed by atoms with Crippen LogP contribution in [0.4, 0.5) is 4.79 Å². The fourth-order valence-electron chi connectivity index (χ4n) is 8.07. The standard InChI is InChI=1S/C28H37N5O/c1-19-17-33(18-30-19)25-7-6-23-22-5-4-20-16-21(31-26(34)32-14-12-29-13-15-32)8-10-27(20,2)24(22)9-11-28(23,25)3/h4,7,12-14,17-18,21-24H,5-6,8-11,15-16H2,1-3H3,(H,31,34)/t21-,22?,23?,24?,27-,28-/m0/s1. The summed E-state index contributed by atoms with van der Waals surface area (Å²) in [5, 5.41) is 3.30. The van der Waals surface area contributed by atoms with E-state index in [-0.39, 0.29) is 22.9 Å². The van der Waals surface area contributed by atoms with Crippen molar-refractivity contribution in [2.24, 2.45) is 33.6 Å². The first-order chi connectivity index (χ1) is 16.4. The normalized spacial score (nSPS) is 38.5. The average Bonchev–Trinajstić information content (AvgIpc) is 3.42. The Labute approximate surface area is 202 Å². The van der Waals surface area contributed by atoms with Gasteiger partial charge in [0, 0.05) is 42.0 Å². The van der Waals surface area contributed by atoms with Crippen molar-refractivity contribution < 1.29 is 4.79 Å². The summed E-state index contributed by atoms with van der Waals surface area (Å²) in [7, 11) is 0. The van der Waals surface area contributed by atoms with Crippen LogP contribution in [0.5, 0.6) is 0 Å². The summed E-state index contributed by atoms with van der Waals surface area (Å²) in [6.07, 6.45) is 22.6. The van der Waals surface area contributed by atoms with Crippen LogP contribution in [0.15, 0.2) is 47.6 Å². The number of hydrogen-bond acceptors (Lipinski definition) is 3. The number of fused-ring (bicyclic) bond motifs is 5. The van der Waals surface area contributed by atoms with Crippen LogP contribution in [0.1, 0.15) is 64.5 Å². The third-order valence-corrected chi connectivity index (χ3v) is 9.94. The van der Waals surface area contributed by atoms with Gasteiger partial charge in [0.15, 0.2) is 0 Å². The van der Waals surface area contributed by atoms with Gasteiger partial charge in [0.05, 0.1) is 18.6 Å². The van der Waals surface area contributed by atoms with Crippen molar-refractivity contribution >= 4 is 17.9 Å². The molecule has 34 heavy (non-hydrogen) atoms. The third-order valence-electron chi connectivity index (χ3n) is 9.94. The summed E-state index contributed by atoms with van der Waals surface area (Å²) in [5.74, 6) is 2.21. The zero-order valence-corrected chi connectivity index (χ0v) is 20.7. The van der Waals surface area contributed by atoms with Gasteiger partial charge < -0.3 is 9.88 Å². The minimum absolute atomic E-state index is 0.00183. The topological polar surface area (TPSA) is 62.5 Å². The Morgan fingerprint density at radius 1 is 1.12 bits per heavy atom. The van der Waals surface area contributed by atoms with E-state index in [2.05, 4.69) is 59.0 Å². The first-order valence-electron chi connectivity index (χ1n) is 13.0. The Balaban J connectivity index is 1.18. The molecule has 1 N–H and O–H groups in total. The number of imidazole rings is 1. The van der Waals surface area contributed by atoms with Gasteiger partial charge in [-0.15, -0.1) is 0 Å². The molecule has 0 saturated heterocycles. The van der Waals surface area contributed by atoms with Crippen LogP contribution < -0.4 is 5.32 Å². The van der Waals surface area contributed by atoms with Gasteiger partial charge in [0.1, 0.15) is 0 Å². The Kier molecular flexibility index (Phi) is 5.12. The predicted molar refractivity (Wildman–Crippen MR) is 135 cm³/mol. The van der Waals surface area contributed by atoms with Crippen LogP contribution in [-0.2, 0) is 0 Å². The number of hydrogen-bond donors (Lipinski definition) is 1. The zero-order chi connectivity index (χ0) is 23.5. The molecule has 4 aliphatic carbocycles. The molecule has 5 aliphatic rings. The molecule has 6 heteroatoms. The van der Waals surface area contributed by atoms with E-state index < -0.39 is 0 Å². The van der Waals surface area contributed by atoms with Crippen LogP contribution in [-0.4, -0.2) is 39.3 Å². The molecule has 0 radical (unpaired) electrons. The molecule has 6 atom stereocenters. The quantitative estimate of drug-likeness (QED) is 0.590. The second kappa shape index (κ2) is 7.96. The van der Waals surface area contributed by atoms with Gasteiger partial charge in [-0.3, -0.25) is 9.89 Å². The Morgan fingerprint density at radius 3 is 2.74 bits per heavy atom. The highest BCUT2D eigenvalue weighted by molar-refractivity contribution is 5.80. The van der Waals surface area contributed by atoms with Gasteiger partial charge in [-0.05, 0) is 75.0 Å². The molecule has 2 amide bonds. The van der Waals surface area contributed by atoms with Crippen molar-refractivity contribution in [3.63, 3.8) is 0 Å². The van der Waals surface area contributed by atoms with Gasteiger partial charge in [-0.1, -0.05) is 31.6 Å². The molecule has 180 valence electrons. The Hall–Kier alpha value is -2.63. The van der Waals surface area contributed by atoms with Gasteiger partial charge in [-0.25, -0.2) is 9.78 Å². The third kappa shape index (κ3) is 3.32. The molecule has 0 bridgehead atoms. The highest BCUT2D eigenvalue weighted by atomic mass is 16.2. The summed E-state index contributed by atoms with van der Waals surface area (Å²) in [6, 6.07) is 0.228. The molecule has 2 heterocycles. The van der Waals surface area contributed by atoms with Gasteiger partial charge in [0.2, 0.25) is 0 Å². The van der Waals surface area contributed by atoms with E-state index in [9.17, 15) is 4.79 Å². The first kappa shape index (κ1) is 21.9. The SMILES string of the molecule is Cc1cn(C2=CCC3C4CC=C5C[C@@H](NC(=O)N6C=CN=CC6)CC[C@]5(C)C4CC[C@]23C)cn1. The number of allylic oxidation sites excluding steroid dienone is 3. The van der Waals surface area contributed by atoms with E-state index in [1.165, 1.54) is 37.8 Å². The summed E-state index contributed by atoms with van der Waals surface area (Å²) in [6.45, 7) is 7.67. The molecule has 2 fully saturated rings. The highest BCUT2D eigenvalue weighted by Crippen LogP contribution is 2.65. The first-order valence-corrected chi connectivity index (χ1v) is 13.0. The van der Waals surface area contributed by atoms with E-state index in [0.717, 1.165) is 30.4 Å². The number of rotatable bonds is 2. The van der Waals surface area contributed by atoms with Crippen LogP contribution in [0, 0.1) is 35.5 Å². The number of nitrogens with zero attached hydrogens (tertiary/aromatic N) is 4. The van der Waals surface area contributed by atoms with E-state index in [0.29, 0.717) is 12.5 Å². The molecule has 1 aromatic rings. The van der Waals surface area contributed by atoms with Crippen molar-refractivity contribution in [3.05, 3.63) is 48.3 Å². The molecular formula is C28H37N5O. The smallest absolute Gasteiger partial charge is 0.322 e. The number of aromatic nitrogens is 2. The number of urea groups is 1. The lowest BCUT2D eigenvalue weighted by Crippen LogP contribution is -2.52. The minimum atomic E-state index is -0.00183. The summed E-state index contributed by atoms with van der Waals surface area (Å²) in [5.41, 5.74) is 4.68. The van der Waals surface area contributed by atoms with Crippen molar-refractivity contribution in [2.45, 2.75) is 71.8 Å². The van der Waals surface area contributed by atoms with Gasteiger partial charge in [-0.2, -0.15) is 0 Å². The maximum atomic E-state index is 12.7. The lowest BCUT2D eigenvalue weighted by atomic mass is 9.47. The van der Waals surface area contributed by atoms with Crippen LogP contribution in [0.3, 0.4) is 0 Å². The lowest BCUT2D eigenvalue weighted by Gasteiger charge is -2.58. The van der Waals surface area contributed by atoms with Crippen molar-refractivity contribution in [1.82, 2.24) is 19.8 Å².